The van der Waals surface area contributed by atoms with Crippen LogP contribution < -0.4 is 24.3 Å². The number of hydrogen-bond acceptors (Lipinski definition) is 7. The quantitative estimate of drug-likeness (QED) is 0.432. The van der Waals surface area contributed by atoms with Crippen molar-refractivity contribution < 1.29 is 43.5 Å². The Balaban J connectivity index is 2.32. The van der Waals surface area contributed by atoms with E-state index in [1.54, 1.807) is 12.1 Å². The third-order valence-corrected chi connectivity index (χ3v) is 4.70. The molecule has 176 valence electrons. The molecule has 3 N–H and O–H groups in total. The van der Waals surface area contributed by atoms with Crippen molar-refractivity contribution in [3.63, 3.8) is 0 Å². The molecule has 0 saturated heterocycles. The maximum atomic E-state index is 12.5. The van der Waals surface area contributed by atoms with Crippen LogP contribution in [0.15, 0.2) is 36.4 Å². The number of amides is 1. The second-order valence-electron chi connectivity index (χ2n) is 6.71. The Labute approximate surface area is 190 Å². The number of anilines is 1. The first kappa shape index (κ1) is 25.1. The first-order chi connectivity index (χ1) is 15.7. The van der Waals surface area contributed by atoms with Crippen LogP contribution in [0.5, 0.6) is 23.0 Å². The van der Waals surface area contributed by atoms with Gasteiger partial charge >= 0.3 is 11.9 Å². The summed E-state index contributed by atoms with van der Waals surface area (Å²) in [5, 5.41) is 21.1. The summed E-state index contributed by atoms with van der Waals surface area (Å²) in [7, 11) is 5.79. The zero-order chi connectivity index (χ0) is 24.5. The third-order valence-electron chi connectivity index (χ3n) is 4.70. The molecule has 33 heavy (non-hydrogen) atoms. The van der Waals surface area contributed by atoms with Crippen LogP contribution in [0.3, 0.4) is 0 Å². The van der Waals surface area contributed by atoms with Crippen molar-refractivity contribution in [3.8, 4) is 23.0 Å². The molecule has 0 aliphatic rings. The summed E-state index contributed by atoms with van der Waals surface area (Å²) >= 11 is 0. The van der Waals surface area contributed by atoms with Gasteiger partial charge in [-0.2, -0.15) is 0 Å². The summed E-state index contributed by atoms with van der Waals surface area (Å²) in [5.41, 5.74) is 0.914. The van der Waals surface area contributed by atoms with Crippen LogP contribution in [0.1, 0.15) is 23.5 Å². The number of carboxylic acid groups (broad SMARTS) is 2. The van der Waals surface area contributed by atoms with Crippen molar-refractivity contribution in [2.75, 3.05) is 33.8 Å². The van der Waals surface area contributed by atoms with Gasteiger partial charge in [0.05, 0.1) is 46.3 Å². The van der Waals surface area contributed by atoms with Gasteiger partial charge in [-0.3, -0.25) is 14.4 Å². The molecule has 0 bridgehead atoms. The van der Waals surface area contributed by atoms with E-state index in [1.807, 2.05) is 0 Å². The van der Waals surface area contributed by atoms with Crippen LogP contribution in [0.2, 0.25) is 0 Å². The predicted molar refractivity (Wildman–Crippen MR) is 119 cm³/mol. The maximum absolute atomic E-state index is 12.5. The minimum absolute atomic E-state index is 0.132. The van der Waals surface area contributed by atoms with E-state index in [9.17, 15) is 19.5 Å². The monoisotopic (exact) mass is 459 g/mol. The Hall–Kier alpha value is -4.21. The second-order valence-corrected chi connectivity index (χ2v) is 6.71. The molecular formula is C23H25NO9. The lowest BCUT2D eigenvalue weighted by Crippen LogP contribution is -2.17. The fraction of sp³-hybridized carbons (Fsp3) is 0.261. The number of hydrogen-bond donors (Lipinski definition) is 3. The number of carbonyl (C=O) groups is 3. The molecule has 0 radical (unpaired) electrons. The zero-order valence-corrected chi connectivity index (χ0v) is 18.6. The van der Waals surface area contributed by atoms with E-state index in [1.165, 1.54) is 58.8 Å². The molecule has 10 nitrogen and oxygen atoms in total. The van der Waals surface area contributed by atoms with E-state index in [-0.39, 0.29) is 17.0 Å². The Bertz CT molecular complexity index is 1040. The van der Waals surface area contributed by atoms with E-state index in [2.05, 4.69) is 5.32 Å². The van der Waals surface area contributed by atoms with E-state index in [0.29, 0.717) is 22.8 Å². The third kappa shape index (κ3) is 6.39. The number of benzene rings is 2. The Kier molecular flexibility index (Phi) is 8.67. The van der Waals surface area contributed by atoms with Crippen molar-refractivity contribution in [3.05, 3.63) is 47.5 Å². The average molecular weight is 459 g/mol. The molecular weight excluding hydrogens is 434 g/mol. The molecule has 0 saturated carbocycles. The number of ether oxygens (including phenoxy) is 4. The topological polar surface area (TPSA) is 141 Å². The maximum Gasteiger partial charge on any atom is 0.311 e. The van der Waals surface area contributed by atoms with Gasteiger partial charge in [0.2, 0.25) is 5.91 Å². The summed E-state index contributed by atoms with van der Waals surface area (Å²) < 4.78 is 21.1. The van der Waals surface area contributed by atoms with Crippen LogP contribution in [0.4, 0.5) is 5.69 Å². The van der Waals surface area contributed by atoms with Gasteiger partial charge in [-0.25, -0.2) is 0 Å². The minimum Gasteiger partial charge on any atom is -0.496 e. The molecule has 10 heteroatoms. The van der Waals surface area contributed by atoms with Gasteiger partial charge < -0.3 is 34.5 Å². The number of aliphatic carboxylic acids is 2. The molecule has 0 aliphatic carbocycles. The lowest BCUT2D eigenvalue weighted by atomic mass is 9.94. The highest BCUT2D eigenvalue weighted by molar-refractivity contribution is 6.02. The van der Waals surface area contributed by atoms with Gasteiger partial charge in [-0.05, 0) is 24.3 Å². The van der Waals surface area contributed by atoms with Gasteiger partial charge in [0.25, 0.3) is 0 Å². The van der Waals surface area contributed by atoms with Crippen molar-refractivity contribution in [1.82, 2.24) is 0 Å². The predicted octanol–water partition coefficient (Wildman–Crippen LogP) is 3.02. The summed E-state index contributed by atoms with van der Waals surface area (Å²) in [6, 6.07) is 7.64. The van der Waals surface area contributed by atoms with Crippen LogP contribution in [-0.2, 0) is 14.4 Å². The molecule has 0 fully saturated rings. The normalized spacial score (nSPS) is 11.5. The number of carboxylic acids is 2. The van der Waals surface area contributed by atoms with Crippen molar-refractivity contribution in [2.45, 2.75) is 12.3 Å². The SMILES string of the molecule is COc1cc(OC)c(/C=C/C(=O)Nc2ccc(OC)c(C(CC(=O)O)C(=O)O)c2)c(OC)c1. The van der Waals surface area contributed by atoms with Gasteiger partial charge in [0.15, 0.2) is 0 Å². The van der Waals surface area contributed by atoms with Gasteiger partial charge in [0, 0.05) is 29.5 Å². The molecule has 2 rings (SSSR count). The molecule has 0 spiro atoms. The number of rotatable bonds is 11. The molecule has 1 unspecified atom stereocenters. The highest BCUT2D eigenvalue weighted by Gasteiger charge is 2.26. The van der Waals surface area contributed by atoms with Gasteiger partial charge in [-0.1, -0.05) is 0 Å². The number of nitrogens with one attached hydrogen (secondary N) is 1. The minimum atomic E-state index is -1.35. The number of carbonyl (C=O) groups excluding carboxylic acids is 1. The zero-order valence-electron chi connectivity index (χ0n) is 18.6. The molecule has 2 aromatic carbocycles. The molecule has 0 heterocycles. The first-order valence-electron chi connectivity index (χ1n) is 9.65. The standard InChI is InChI=1S/C23H25NO9/c1-30-14-10-19(32-3)15(20(11-14)33-4)6-8-21(25)24-13-5-7-18(31-2)16(9-13)17(23(28)29)12-22(26)27/h5-11,17H,12H2,1-4H3,(H,24,25)(H,26,27)(H,28,29)/b8-6+. The van der Waals surface area contributed by atoms with Gasteiger partial charge in [0.1, 0.15) is 23.0 Å². The summed E-state index contributed by atoms with van der Waals surface area (Å²) in [6.45, 7) is 0. The van der Waals surface area contributed by atoms with Crippen molar-refractivity contribution >= 4 is 29.6 Å². The first-order valence-corrected chi connectivity index (χ1v) is 9.65. The molecule has 0 aromatic heterocycles. The molecule has 1 atom stereocenters. The van der Waals surface area contributed by atoms with Crippen LogP contribution >= 0.6 is 0 Å². The van der Waals surface area contributed by atoms with E-state index >= 15 is 0 Å². The summed E-state index contributed by atoms with van der Waals surface area (Å²) in [6.07, 6.45) is 2.12. The summed E-state index contributed by atoms with van der Waals surface area (Å²) in [5.74, 6) is -2.88. The fourth-order valence-electron chi connectivity index (χ4n) is 3.13. The highest BCUT2D eigenvalue weighted by Crippen LogP contribution is 2.35. The van der Waals surface area contributed by atoms with Crippen LogP contribution in [-0.4, -0.2) is 56.5 Å². The van der Waals surface area contributed by atoms with Crippen molar-refractivity contribution in [2.24, 2.45) is 0 Å². The Morgan fingerprint density at radius 2 is 1.52 bits per heavy atom. The second kappa shape index (κ2) is 11.4. The summed E-state index contributed by atoms with van der Waals surface area (Å²) in [4.78, 5) is 35.2. The molecule has 0 aliphatic heterocycles. The van der Waals surface area contributed by atoms with Crippen molar-refractivity contribution in [1.29, 1.82) is 0 Å². The van der Waals surface area contributed by atoms with Crippen LogP contribution in [0.25, 0.3) is 6.08 Å². The Morgan fingerprint density at radius 3 is 2.00 bits per heavy atom. The van der Waals surface area contributed by atoms with Gasteiger partial charge in [-0.15, -0.1) is 0 Å². The average Bonchev–Trinajstić information content (AvgIpc) is 2.80. The van der Waals surface area contributed by atoms with E-state index in [0.717, 1.165) is 0 Å². The van der Waals surface area contributed by atoms with E-state index < -0.39 is 30.2 Å². The van der Waals surface area contributed by atoms with E-state index in [4.69, 9.17) is 24.1 Å². The highest BCUT2D eigenvalue weighted by atomic mass is 16.5. The number of methoxy groups -OCH3 is 4. The molecule has 1 amide bonds. The molecule has 2 aromatic rings. The Morgan fingerprint density at radius 1 is 0.909 bits per heavy atom. The largest absolute Gasteiger partial charge is 0.496 e. The fourth-order valence-corrected chi connectivity index (χ4v) is 3.13. The lowest BCUT2D eigenvalue weighted by Gasteiger charge is -2.16. The lowest BCUT2D eigenvalue weighted by molar-refractivity contribution is -0.145. The van der Waals surface area contributed by atoms with Crippen LogP contribution in [0, 0.1) is 0 Å². The smallest absolute Gasteiger partial charge is 0.311 e.